The quantitative estimate of drug-likeness (QED) is 0.850. The Kier molecular flexibility index (Phi) is 5.51. The van der Waals surface area contributed by atoms with E-state index in [1.807, 2.05) is 0 Å². The Morgan fingerprint density at radius 1 is 0.955 bits per heavy atom. The minimum atomic E-state index is 0.635. The molecular formula is C19H30N2O. The van der Waals surface area contributed by atoms with E-state index in [4.69, 9.17) is 4.74 Å². The van der Waals surface area contributed by atoms with Gasteiger partial charge in [-0.1, -0.05) is 30.3 Å². The number of piperazine rings is 1. The molecule has 3 nitrogen and oxygen atoms in total. The van der Waals surface area contributed by atoms with Gasteiger partial charge in [0, 0.05) is 51.5 Å². The second-order valence-electron chi connectivity index (χ2n) is 7.12. The maximum absolute atomic E-state index is 5.49. The molecule has 22 heavy (non-hydrogen) atoms. The first-order valence-corrected chi connectivity index (χ1v) is 8.82. The predicted octanol–water partition coefficient (Wildman–Crippen LogP) is 3.01. The van der Waals surface area contributed by atoms with Crippen LogP contribution >= 0.6 is 0 Å². The summed E-state index contributed by atoms with van der Waals surface area (Å²) >= 11 is 0. The molecule has 0 amide bonds. The summed E-state index contributed by atoms with van der Waals surface area (Å²) in [4.78, 5) is 5.35. The predicted molar refractivity (Wildman–Crippen MR) is 90.9 cm³/mol. The molecule has 2 atom stereocenters. The minimum Gasteiger partial charge on any atom is -0.381 e. The molecule has 0 radical (unpaired) electrons. The number of hydrogen-bond acceptors (Lipinski definition) is 3. The van der Waals surface area contributed by atoms with Gasteiger partial charge < -0.3 is 4.74 Å². The van der Waals surface area contributed by atoms with Crippen molar-refractivity contribution in [3.63, 3.8) is 0 Å². The molecule has 122 valence electrons. The van der Waals surface area contributed by atoms with E-state index in [-0.39, 0.29) is 0 Å². The average molecular weight is 302 g/mol. The van der Waals surface area contributed by atoms with Crippen LogP contribution in [0.5, 0.6) is 0 Å². The molecule has 0 unspecified atom stereocenters. The lowest BCUT2D eigenvalue weighted by atomic mass is 9.97. The fraction of sp³-hybridized carbons (Fsp3) is 0.684. The Balaban J connectivity index is 1.54. The van der Waals surface area contributed by atoms with E-state index in [2.05, 4.69) is 54.0 Å². The topological polar surface area (TPSA) is 15.7 Å². The SMILES string of the molecule is C[C@@H]1CN(Cc2ccccc2)[C@@H](C)CN1CC1CCOCC1. The van der Waals surface area contributed by atoms with E-state index in [0.29, 0.717) is 12.1 Å². The van der Waals surface area contributed by atoms with Crippen LogP contribution in [0.1, 0.15) is 32.3 Å². The third-order valence-electron chi connectivity index (χ3n) is 5.31. The fourth-order valence-corrected chi connectivity index (χ4v) is 3.82. The fourth-order valence-electron chi connectivity index (χ4n) is 3.82. The molecule has 1 aromatic carbocycles. The van der Waals surface area contributed by atoms with Crippen molar-refractivity contribution in [3.05, 3.63) is 35.9 Å². The normalized spacial score (nSPS) is 28.8. The van der Waals surface area contributed by atoms with E-state index in [0.717, 1.165) is 25.7 Å². The van der Waals surface area contributed by atoms with E-state index in [9.17, 15) is 0 Å². The monoisotopic (exact) mass is 302 g/mol. The van der Waals surface area contributed by atoms with Crippen molar-refractivity contribution in [2.24, 2.45) is 5.92 Å². The highest BCUT2D eigenvalue weighted by molar-refractivity contribution is 5.14. The van der Waals surface area contributed by atoms with Gasteiger partial charge in [-0.25, -0.2) is 0 Å². The standard InChI is InChI=1S/C19H30N2O/c1-16-13-21(15-19-8-10-22-11-9-19)17(2)12-20(16)14-18-6-4-3-5-7-18/h3-7,16-17,19H,8-15H2,1-2H3/t16-,17+/m0/s1. The third-order valence-corrected chi connectivity index (χ3v) is 5.31. The van der Waals surface area contributed by atoms with Crippen LogP contribution in [0.25, 0.3) is 0 Å². The molecule has 0 bridgehead atoms. The van der Waals surface area contributed by atoms with Crippen LogP contribution in [0.2, 0.25) is 0 Å². The summed E-state index contributed by atoms with van der Waals surface area (Å²) in [5.74, 6) is 0.837. The largest absolute Gasteiger partial charge is 0.381 e. The van der Waals surface area contributed by atoms with Crippen molar-refractivity contribution >= 4 is 0 Å². The Bertz CT molecular complexity index is 444. The zero-order valence-electron chi connectivity index (χ0n) is 14.1. The zero-order chi connectivity index (χ0) is 15.4. The van der Waals surface area contributed by atoms with Crippen molar-refractivity contribution in [2.45, 2.75) is 45.3 Å². The van der Waals surface area contributed by atoms with Gasteiger partial charge >= 0.3 is 0 Å². The summed E-state index contributed by atoms with van der Waals surface area (Å²) in [6, 6.07) is 12.2. The Hall–Kier alpha value is -0.900. The van der Waals surface area contributed by atoms with Crippen molar-refractivity contribution in [2.75, 3.05) is 32.8 Å². The highest BCUT2D eigenvalue weighted by Gasteiger charge is 2.30. The summed E-state index contributed by atoms with van der Waals surface area (Å²) in [6.45, 7) is 11.4. The van der Waals surface area contributed by atoms with Gasteiger partial charge in [0.05, 0.1) is 0 Å². The molecule has 0 N–H and O–H groups in total. The number of benzene rings is 1. The number of nitrogens with zero attached hydrogens (tertiary/aromatic N) is 2. The van der Waals surface area contributed by atoms with Gasteiger partial charge in [0.15, 0.2) is 0 Å². The van der Waals surface area contributed by atoms with Crippen LogP contribution < -0.4 is 0 Å². The van der Waals surface area contributed by atoms with Crippen LogP contribution in [0.4, 0.5) is 0 Å². The van der Waals surface area contributed by atoms with Crippen LogP contribution in [-0.4, -0.2) is 54.7 Å². The van der Waals surface area contributed by atoms with Gasteiger partial charge in [0.2, 0.25) is 0 Å². The zero-order valence-corrected chi connectivity index (χ0v) is 14.1. The molecule has 3 heteroatoms. The van der Waals surface area contributed by atoms with Crippen molar-refractivity contribution in [1.29, 1.82) is 0 Å². The second-order valence-corrected chi connectivity index (χ2v) is 7.12. The van der Waals surface area contributed by atoms with E-state index in [1.165, 1.54) is 38.0 Å². The number of rotatable bonds is 4. The van der Waals surface area contributed by atoms with Crippen molar-refractivity contribution in [1.82, 2.24) is 9.80 Å². The average Bonchev–Trinajstić information content (AvgIpc) is 2.54. The molecule has 0 aliphatic carbocycles. The summed E-state index contributed by atoms with van der Waals surface area (Å²) in [5.41, 5.74) is 1.43. The lowest BCUT2D eigenvalue weighted by molar-refractivity contribution is 0.00517. The Labute approximate surface area is 135 Å². The van der Waals surface area contributed by atoms with Crippen molar-refractivity contribution in [3.8, 4) is 0 Å². The Morgan fingerprint density at radius 2 is 1.59 bits per heavy atom. The van der Waals surface area contributed by atoms with E-state index in [1.54, 1.807) is 0 Å². The highest BCUT2D eigenvalue weighted by atomic mass is 16.5. The highest BCUT2D eigenvalue weighted by Crippen LogP contribution is 2.22. The summed E-state index contributed by atoms with van der Waals surface area (Å²) in [6.07, 6.45) is 2.48. The maximum Gasteiger partial charge on any atom is 0.0469 e. The number of hydrogen-bond donors (Lipinski definition) is 0. The smallest absolute Gasteiger partial charge is 0.0469 e. The molecule has 2 aliphatic heterocycles. The third kappa shape index (κ3) is 4.09. The summed E-state index contributed by atoms with van der Waals surface area (Å²) in [7, 11) is 0. The molecule has 2 aliphatic rings. The van der Waals surface area contributed by atoms with Gasteiger partial charge in [-0.15, -0.1) is 0 Å². The molecule has 1 aromatic rings. The second kappa shape index (κ2) is 7.58. The minimum absolute atomic E-state index is 0.635. The van der Waals surface area contributed by atoms with Gasteiger partial charge in [-0.05, 0) is 38.2 Å². The maximum atomic E-state index is 5.49. The van der Waals surface area contributed by atoms with Crippen LogP contribution in [-0.2, 0) is 11.3 Å². The van der Waals surface area contributed by atoms with Gasteiger partial charge in [0.1, 0.15) is 0 Å². The van der Waals surface area contributed by atoms with Crippen LogP contribution in [0.3, 0.4) is 0 Å². The Morgan fingerprint density at radius 3 is 2.32 bits per heavy atom. The molecule has 2 fully saturated rings. The molecule has 0 saturated carbocycles. The molecule has 2 heterocycles. The molecule has 0 spiro atoms. The first-order valence-electron chi connectivity index (χ1n) is 8.82. The molecule has 0 aromatic heterocycles. The number of ether oxygens (including phenoxy) is 1. The molecule has 2 saturated heterocycles. The van der Waals surface area contributed by atoms with Gasteiger partial charge in [-0.2, -0.15) is 0 Å². The van der Waals surface area contributed by atoms with E-state index >= 15 is 0 Å². The summed E-state index contributed by atoms with van der Waals surface area (Å²) in [5, 5.41) is 0. The van der Waals surface area contributed by atoms with Gasteiger partial charge in [0.25, 0.3) is 0 Å². The lowest BCUT2D eigenvalue weighted by Crippen LogP contribution is -2.56. The molecular weight excluding hydrogens is 272 g/mol. The lowest BCUT2D eigenvalue weighted by Gasteiger charge is -2.45. The van der Waals surface area contributed by atoms with Gasteiger partial charge in [-0.3, -0.25) is 9.80 Å². The molecule has 3 rings (SSSR count). The van der Waals surface area contributed by atoms with E-state index < -0.39 is 0 Å². The first-order chi connectivity index (χ1) is 10.7. The van der Waals surface area contributed by atoms with Crippen molar-refractivity contribution < 1.29 is 4.74 Å². The van der Waals surface area contributed by atoms with Crippen LogP contribution in [0, 0.1) is 5.92 Å². The van der Waals surface area contributed by atoms with Crippen LogP contribution in [0.15, 0.2) is 30.3 Å². The summed E-state index contributed by atoms with van der Waals surface area (Å²) < 4.78 is 5.49. The first kappa shape index (κ1) is 16.0.